The number of alkyl halides is 1. The summed E-state index contributed by atoms with van der Waals surface area (Å²) in [6.45, 7) is 1.90. The molecule has 0 aliphatic carbocycles. The van der Waals surface area contributed by atoms with Crippen LogP contribution in [0.3, 0.4) is 0 Å². The van der Waals surface area contributed by atoms with Gasteiger partial charge < -0.3 is 5.32 Å². The second-order valence-corrected chi connectivity index (χ2v) is 3.94. The summed E-state index contributed by atoms with van der Waals surface area (Å²) in [6.07, 6.45) is 0. The predicted molar refractivity (Wildman–Crippen MR) is 62.0 cm³/mol. The van der Waals surface area contributed by atoms with Gasteiger partial charge in [0.25, 0.3) is 0 Å². The SMILES string of the molecule is Clc1ccccc1CNCCI. The van der Waals surface area contributed by atoms with Crippen molar-refractivity contribution in [3.05, 3.63) is 34.9 Å². The van der Waals surface area contributed by atoms with Crippen molar-refractivity contribution < 1.29 is 0 Å². The first kappa shape index (κ1) is 10.3. The van der Waals surface area contributed by atoms with E-state index >= 15 is 0 Å². The van der Waals surface area contributed by atoms with Gasteiger partial charge in [0.15, 0.2) is 0 Å². The van der Waals surface area contributed by atoms with Crippen molar-refractivity contribution in [2.24, 2.45) is 0 Å². The van der Waals surface area contributed by atoms with E-state index in [1.807, 2.05) is 24.3 Å². The van der Waals surface area contributed by atoms with Gasteiger partial charge in [0.1, 0.15) is 0 Å². The van der Waals surface area contributed by atoms with Gasteiger partial charge in [0, 0.05) is 22.5 Å². The molecule has 0 unspecified atom stereocenters. The molecule has 0 fully saturated rings. The average Bonchev–Trinajstić information content (AvgIpc) is 2.09. The van der Waals surface area contributed by atoms with Gasteiger partial charge in [-0.25, -0.2) is 0 Å². The van der Waals surface area contributed by atoms with Crippen LogP contribution in [0.1, 0.15) is 5.56 Å². The van der Waals surface area contributed by atoms with Crippen LogP contribution in [0.15, 0.2) is 24.3 Å². The fourth-order valence-electron chi connectivity index (χ4n) is 0.932. The zero-order valence-corrected chi connectivity index (χ0v) is 9.60. The lowest BCUT2D eigenvalue weighted by molar-refractivity contribution is 0.737. The van der Waals surface area contributed by atoms with Crippen LogP contribution in [0.25, 0.3) is 0 Å². The Morgan fingerprint density at radius 2 is 2.08 bits per heavy atom. The Bertz CT molecular complexity index is 240. The number of rotatable bonds is 4. The fourth-order valence-corrected chi connectivity index (χ4v) is 1.52. The third kappa shape index (κ3) is 3.29. The molecular formula is C9H11ClIN. The minimum atomic E-state index is 0.846. The van der Waals surface area contributed by atoms with Gasteiger partial charge in [0.2, 0.25) is 0 Å². The average molecular weight is 296 g/mol. The Morgan fingerprint density at radius 1 is 1.33 bits per heavy atom. The number of hydrogen-bond donors (Lipinski definition) is 1. The van der Waals surface area contributed by atoms with Crippen molar-refractivity contribution in [3.8, 4) is 0 Å². The lowest BCUT2D eigenvalue weighted by atomic mass is 10.2. The van der Waals surface area contributed by atoms with E-state index in [4.69, 9.17) is 11.6 Å². The third-order valence-corrected chi connectivity index (χ3v) is 2.45. The van der Waals surface area contributed by atoms with Crippen molar-refractivity contribution >= 4 is 34.2 Å². The Labute approximate surface area is 91.6 Å². The first-order valence-electron chi connectivity index (χ1n) is 3.84. The first-order valence-corrected chi connectivity index (χ1v) is 5.75. The Morgan fingerprint density at radius 3 is 2.75 bits per heavy atom. The highest BCUT2D eigenvalue weighted by molar-refractivity contribution is 14.1. The maximum Gasteiger partial charge on any atom is 0.0450 e. The molecule has 1 rings (SSSR count). The molecule has 0 bridgehead atoms. The van der Waals surface area contributed by atoms with Gasteiger partial charge in [-0.2, -0.15) is 0 Å². The van der Waals surface area contributed by atoms with E-state index in [9.17, 15) is 0 Å². The summed E-state index contributed by atoms with van der Waals surface area (Å²) >= 11 is 8.30. The van der Waals surface area contributed by atoms with Crippen molar-refractivity contribution in [1.82, 2.24) is 5.32 Å². The van der Waals surface area contributed by atoms with Crippen LogP contribution < -0.4 is 5.32 Å². The molecule has 0 aliphatic heterocycles. The van der Waals surface area contributed by atoms with Crippen molar-refractivity contribution in [1.29, 1.82) is 0 Å². The lowest BCUT2D eigenvalue weighted by Crippen LogP contribution is -2.15. The van der Waals surface area contributed by atoms with E-state index in [1.165, 1.54) is 5.56 Å². The molecular weight excluding hydrogens is 284 g/mol. The molecule has 0 spiro atoms. The van der Waals surface area contributed by atoms with E-state index in [1.54, 1.807) is 0 Å². The molecule has 0 amide bonds. The highest BCUT2D eigenvalue weighted by Crippen LogP contribution is 2.13. The van der Waals surface area contributed by atoms with Crippen LogP contribution >= 0.6 is 34.2 Å². The van der Waals surface area contributed by atoms with E-state index in [2.05, 4.69) is 27.9 Å². The maximum absolute atomic E-state index is 5.96. The molecule has 1 N–H and O–H groups in total. The highest BCUT2D eigenvalue weighted by Gasteiger charge is 1.96. The van der Waals surface area contributed by atoms with Crippen LogP contribution in [0.5, 0.6) is 0 Å². The molecule has 0 aromatic heterocycles. The number of benzene rings is 1. The summed E-state index contributed by atoms with van der Waals surface area (Å²) in [6, 6.07) is 7.92. The van der Waals surface area contributed by atoms with Gasteiger partial charge in [-0.1, -0.05) is 52.4 Å². The Balaban J connectivity index is 2.46. The fraction of sp³-hybridized carbons (Fsp3) is 0.333. The van der Waals surface area contributed by atoms with Gasteiger partial charge in [-0.05, 0) is 11.6 Å². The number of nitrogens with one attached hydrogen (secondary N) is 1. The molecule has 0 saturated heterocycles. The summed E-state index contributed by atoms with van der Waals surface area (Å²) in [5.41, 5.74) is 1.17. The lowest BCUT2D eigenvalue weighted by Gasteiger charge is -2.03. The van der Waals surface area contributed by atoms with Crippen LogP contribution in [0.2, 0.25) is 5.02 Å². The quantitative estimate of drug-likeness (QED) is 0.512. The third-order valence-electron chi connectivity index (χ3n) is 1.54. The van der Waals surface area contributed by atoms with Gasteiger partial charge in [-0.15, -0.1) is 0 Å². The van der Waals surface area contributed by atoms with Crippen molar-refractivity contribution in [2.45, 2.75) is 6.54 Å². The molecule has 0 radical (unpaired) electrons. The predicted octanol–water partition coefficient (Wildman–Crippen LogP) is 2.86. The van der Waals surface area contributed by atoms with E-state index in [0.717, 1.165) is 22.5 Å². The summed E-state index contributed by atoms with van der Waals surface area (Å²) in [5.74, 6) is 0. The molecule has 1 aromatic carbocycles. The summed E-state index contributed by atoms with van der Waals surface area (Å²) in [7, 11) is 0. The Hall–Kier alpha value is 0.200. The smallest absolute Gasteiger partial charge is 0.0450 e. The molecule has 12 heavy (non-hydrogen) atoms. The van der Waals surface area contributed by atoms with Crippen LogP contribution in [0, 0.1) is 0 Å². The highest BCUT2D eigenvalue weighted by atomic mass is 127. The summed E-state index contributed by atoms with van der Waals surface area (Å²) < 4.78 is 1.13. The molecule has 3 heteroatoms. The molecule has 0 heterocycles. The van der Waals surface area contributed by atoms with E-state index < -0.39 is 0 Å². The zero-order valence-electron chi connectivity index (χ0n) is 6.69. The summed E-state index contributed by atoms with van der Waals surface area (Å²) in [4.78, 5) is 0. The topological polar surface area (TPSA) is 12.0 Å². The number of hydrogen-bond acceptors (Lipinski definition) is 1. The second kappa shape index (κ2) is 5.78. The minimum Gasteiger partial charge on any atom is -0.312 e. The van der Waals surface area contributed by atoms with Crippen molar-refractivity contribution in [2.75, 3.05) is 11.0 Å². The molecule has 1 aromatic rings. The largest absolute Gasteiger partial charge is 0.312 e. The van der Waals surface area contributed by atoms with Gasteiger partial charge in [0.05, 0.1) is 0 Å². The maximum atomic E-state index is 5.96. The number of halogens is 2. The van der Waals surface area contributed by atoms with E-state index in [0.29, 0.717) is 0 Å². The van der Waals surface area contributed by atoms with Crippen molar-refractivity contribution in [3.63, 3.8) is 0 Å². The van der Waals surface area contributed by atoms with Gasteiger partial charge >= 0.3 is 0 Å². The van der Waals surface area contributed by atoms with Crippen LogP contribution in [-0.4, -0.2) is 11.0 Å². The summed E-state index contributed by atoms with van der Waals surface area (Å²) in [5, 5.41) is 4.15. The molecule has 0 aliphatic rings. The molecule has 66 valence electrons. The normalized spacial score (nSPS) is 10.2. The van der Waals surface area contributed by atoms with Gasteiger partial charge in [-0.3, -0.25) is 0 Å². The van der Waals surface area contributed by atoms with Crippen LogP contribution in [0.4, 0.5) is 0 Å². The molecule has 1 nitrogen and oxygen atoms in total. The monoisotopic (exact) mass is 295 g/mol. The molecule has 0 saturated carbocycles. The standard InChI is InChI=1S/C9H11ClIN/c10-9-4-2-1-3-8(9)7-12-6-5-11/h1-4,12H,5-7H2. The van der Waals surface area contributed by atoms with Crippen LogP contribution in [-0.2, 0) is 6.54 Å². The minimum absolute atomic E-state index is 0.846. The zero-order chi connectivity index (χ0) is 8.81. The second-order valence-electron chi connectivity index (χ2n) is 2.46. The Kier molecular flexibility index (Phi) is 4.95. The van der Waals surface area contributed by atoms with E-state index in [-0.39, 0.29) is 0 Å². The first-order chi connectivity index (χ1) is 5.84. The molecule has 0 atom stereocenters.